The lowest BCUT2D eigenvalue weighted by molar-refractivity contribution is -0.156. The Hall–Kier alpha value is -2.57. The number of fused-ring (bicyclic) bond motifs is 2. The summed E-state index contributed by atoms with van der Waals surface area (Å²) >= 11 is 0. The second kappa shape index (κ2) is 6.38. The van der Waals surface area contributed by atoms with E-state index in [-0.39, 0.29) is 6.61 Å². The van der Waals surface area contributed by atoms with Gasteiger partial charge >= 0.3 is 18.0 Å². The molecule has 2 aliphatic rings. The molecule has 1 aromatic rings. The Labute approximate surface area is 145 Å². The Morgan fingerprint density at radius 3 is 1.84 bits per heavy atom. The van der Waals surface area contributed by atoms with Gasteiger partial charge in [0.15, 0.2) is 0 Å². The van der Waals surface area contributed by atoms with Crippen molar-refractivity contribution in [1.82, 2.24) is 4.90 Å². The number of ether oxygens (including phenoxy) is 3. The first-order chi connectivity index (χ1) is 12.0. The smallest absolute Gasteiger partial charge is 0.412 e. The summed E-state index contributed by atoms with van der Waals surface area (Å²) < 4.78 is 15.2. The number of hydrogen-bond donors (Lipinski definition) is 0. The number of carbonyl (C=O) groups is 3. The van der Waals surface area contributed by atoms with Gasteiger partial charge in [-0.2, -0.15) is 0 Å². The highest BCUT2D eigenvalue weighted by Crippen LogP contribution is 2.54. The maximum atomic E-state index is 12.8. The maximum absolute atomic E-state index is 12.8. The molecule has 0 saturated carbocycles. The van der Waals surface area contributed by atoms with Crippen LogP contribution in [0.5, 0.6) is 0 Å². The zero-order chi connectivity index (χ0) is 18.1. The number of hydrogen-bond acceptors (Lipinski definition) is 6. The minimum atomic E-state index is -1.16. The zero-order valence-corrected chi connectivity index (χ0v) is 14.3. The highest BCUT2D eigenvalue weighted by molar-refractivity contribution is 5.95. The van der Waals surface area contributed by atoms with E-state index in [2.05, 4.69) is 0 Å². The number of esters is 2. The van der Waals surface area contributed by atoms with Crippen molar-refractivity contribution >= 4 is 18.0 Å². The average Bonchev–Trinajstić information content (AvgIpc) is 3.18. The standard InChI is InChI=1S/C18H21NO6/c1-23-14(20)17-8-10-18(11-9-17,15(21)24-2)19(17)16(22)25-12-13-6-4-3-5-7-13/h3-7H,8-12H2,1-2H3. The van der Waals surface area contributed by atoms with Crippen molar-refractivity contribution in [3.05, 3.63) is 35.9 Å². The van der Waals surface area contributed by atoms with Gasteiger partial charge in [-0.3, -0.25) is 4.90 Å². The predicted octanol–water partition coefficient (Wildman–Crippen LogP) is 2.04. The second-order valence-corrected chi connectivity index (χ2v) is 6.42. The van der Waals surface area contributed by atoms with Crippen LogP contribution in [0, 0.1) is 0 Å². The topological polar surface area (TPSA) is 82.1 Å². The van der Waals surface area contributed by atoms with Crippen LogP contribution >= 0.6 is 0 Å². The lowest BCUT2D eigenvalue weighted by Gasteiger charge is -2.35. The van der Waals surface area contributed by atoms with Crippen LogP contribution in [0.2, 0.25) is 0 Å². The first kappa shape index (κ1) is 17.3. The third kappa shape index (κ3) is 2.54. The molecule has 2 bridgehead atoms. The molecule has 2 heterocycles. The lowest BCUT2D eigenvalue weighted by atomic mass is 9.82. The Bertz CT molecular complexity index is 646. The van der Waals surface area contributed by atoms with Crippen LogP contribution in [0.3, 0.4) is 0 Å². The summed E-state index contributed by atoms with van der Waals surface area (Å²) in [5.41, 5.74) is -1.49. The van der Waals surface area contributed by atoms with Crippen molar-refractivity contribution in [2.45, 2.75) is 43.4 Å². The van der Waals surface area contributed by atoms with E-state index in [1.165, 1.54) is 19.1 Å². The van der Waals surface area contributed by atoms with E-state index >= 15 is 0 Å². The lowest BCUT2D eigenvalue weighted by Crippen LogP contribution is -2.57. The third-order valence-electron chi connectivity index (χ3n) is 5.28. The van der Waals surface area contributed by atoms with E-state index in [9.17, 15) is 14.4 Å². The molecule has 134 valence electrons. The van der Waals surface area contributed by atoms with E-state index in [0.717, 1.165) is 5.56 Å². The number of carbonyl (C=O) groups excluding carboxylic acids is 3. The van der Waals surface area contributed by atoms with Gasteiger partial charge in [0, 0.05) is 0 Å². The molecule has 25 heavy (non-hydrogen) atoms. The normalized spacial score (nSPS) is 27.0. The van der Waals surface area contributed by atoms with Crippen LogP contribution in [0.1, 0.15) is 31.2 Å². The molecule has 0 aliphatic carbocycles. The Kier molecular flexibility index (Phi) is 4.41. The number of benzene rings is 1. The van der Waals surface area contributed by atoms with Gasteiger partial charge in [-0.1, -0.05) is 30.3 Å². The SMILES string of the molecule is COC(=O)C12CCC(C(=O)OC)(CC1)N2C(=O)OCc1ccccc1. The summed E-state index contributed by atoms with van der Waals surface area (Å²) in [4.78, 5) is 38.9. The van der Waals surface area contributed by atoms with E-state index in [4.69, 9.17) is 14.2 Å². The summed E-state index contributed by atoms with van der Waals surface area (Å²) in [6.45, 7) is 0.0602. The minimum absolute atomic E-state index is 0.0602. The van der Waals surface area contributed by atoms with Gasteiger partial charge < -0.3 is 14.2 Å². The first-order valence-corrected chi connectivity index (χ1v) is 8.18. The van der Waals surface area contributed by atoms with Crippen molar-refractivity contribution in [3.8, 4) is 0 Å². The van der Waals surface area contributed by atoms with Gasteiger partial charge in [-0.25, -0.2) is 14.4 Å². The van der Waals surface area contributed by atoms with Crippen LogP contribution in [0.15, 0.2) is 30.3 Å². The zero-order valence-electron chi connectivity index (χ0n) is 14.3. The van der Waals surface area contributed by atoms with Gasteiger partial charge in [0.05, 0.1) is 14.2 Å². The molecule has 0 radical (unpaired) electrons. The molecular weight excluding hydrogens is 326 g/mol. The molecule has 3 rings (SSSR count). The monoisotopic (exact) mass is 347 g/mol. The fraction of sp³-hybridized carbons (Fsp3) is 0.500. The van der Waals surface area contributed by atoms with Crippen LogP contribution < -0.4 is 0 Å². The molecule has 1 amide bonds. The van der Waals surface area contributed by atoms with Crippen molar-refractivity contribution in [2.75, 3.05) is 14.2 Å². The number of rotatable bonds is 4. The molecule has 7 nitrogen and oxygen atoms in total. The van der Waals surface area contributed by atoms with E-state index in [0.29, 0.717) is 25.7 Å². The molecule has 7 heteroatoms. The van der Waals surface area contributed by atoms with Gasteiger partial charge in [0.2, 0.25) is 0 Å². The fourth-order valence-corrected chi connectivity index (χ4v) is 4.04. The van der Waals surface area contributed by atoms with Gasteiger partial charge in [-0.05, 0) is 31.2 Å². The van der Waals surface area contributed by atoms with E-state index in [1.807, 2.05) is 30.3 Å². The van der Waals surface area contributed by atoms with Crippen LogP contribution in [0.25, 0.3) is 0 Å². The van der Waals surface area contributed by atoms with Crippen molar-refractivity contribution < 1.29 is 28.6 Å². The van der Waals surface area contributed by atoms with Crippen molar-refractivity contribution in [1.29, 1.82) is 0 Å². The quantitative estimate of drug-likeness (QED) is 0.612. The number of amides is 1. The summed E-state index contributed by atoms with van der Waals surface area (Å²) in [5, 5.41) is 0. The van der Waals surface area contributed by atoms with E-state index < -0.39 is 29.1 Å². The molecule has 2 fully saturated rings. The molecule has 2 aliphatic heterocycles. The van der Waals surface area contributed by atoms with Crippen molar-refractivity contribution in [3.63, 3.8) is 0 Å². The maximum Gasteiger partial charge on any atom is 0.412 e. The van der Waals surface area contributed by atoms with Gasteiger partial charge in [0.1, 0.15) is 17.7 Å². The van der Waals surface area contributed by atoms with Crippen LogP contribution in [0.4, 0.5) is 4.79 Å². The highest BCUT2D eigenvalue weighted by atomic mass is 16.6. The van der Waals surface area contributed by atoms with Crippen LogP contribution in [-0.4, -0.2) is 48.2 Å². The molecular formula is C18H21NO6. The second-order valence-electron chi connectivity index (χ2n) is 6.42. The molecule has 0 aromatic heterocycles. The molecule has 1 aromatic carbocycles. The molecule has 0 unspecified atom stereocenters. The molecule has 0 N–H and O–H groups in total. The summed E-state index contributed by atoms with van der Waals surface area (Å²) in [7, 11) is 2.56. The van der Waals surface area contributed by atoms with Gasteiger partial charge in [-0.15, -0.1) is 0 Å². The number of methoxy groups -OCH3 is 2. The van der Waals surface area contributed by atoms with Crippen LogP contribution in [-0.2, 0) is 30.4 Å². The van der Waals surface area contributed by atoms with Gasteiger partial charge in [0.25, 0.3) is 0 Å². The third-order valence-corrected chi connectivity index (χ3v) is 5.28. The molecule has 0 spiro atoms. The number of nitrogens with zero attached hydrogens (tertiary/aromatic N) is 1. The summed E-state index contributed by atoms with van der Waals surface area (Å²) in [6.07, 6.45) is 0.726. The largest absolute Gasteiger partial charge is 0.467 e. The first-order valence-electron chi connectivity index (χ1n) is 8.18. The Morgan fingerprint density at radius 1 is 0.920 bits per heavy atom. The minimum Gasteiger partial charge on any atom is -0.467 e. The van der Waals surface area contributed by atoms with E-state index in [1.54, 1.807) is 0 Å². The molecule has 2 saturated heterocycles. The highest BCUT2D eigenvalue weighted by Gasteiger charge is 2.70. The summed E-state index contributed by atoms with van der Waals surface area (Å²) in [6, 6.07) is 9.21. The fourth-order valence-electron chi connectivity index (χ4n) is 4.04. The Balaban J connectivity index is 1.87. The molecule has 0 atom stereocenters. The summed E-state index contributed by atoms with van der Waals surface area (Å²) in [5.74, 6) is -1.04. The van der Waals surface area contributed by atoms with Crippen molar-refractivity contribution in [2.24, 2.45) is 0 Å². The predicted molar refractivity (Wildman–Crippen MR) is 86.4 cm³/mol. The average molecular weight is 347 g/mol. The Morgan fingerprint density at radius 2 is 1.40 bits per heavy atom.